The molecule has 1 aromatic rings. The Balaban J connectivity index is 0.000001000. The molecule has 0 saturated heterocycles. The maximum atomic E-state index is 10.4. The van der Waals surface area contributed by atoms with Gasteiger partial charge in [-0.05, 0) is 5.56 Å². The SMILES string of the molecule is O=C([O-])c1ccc([O-])cc1.[Na+]. The first-order valence-corrected chi connectivity index (χ1v) is 2.68. The third kappa shape index (κ3) is 2.93. The van der Waals surface area contributed by atoms with Crippen molar-refractivity contribution in [2.45, 2.75) is 0 Å². The maximum absolute atomic E-state index is 10.4. The van der Waals surface area contributed by atoms with Gasteiger partial charge in [0.25, 0.3) is 0 Å². The molecule has 0 aliphatic heterocycles. The largest absolute Gasteiger partial charge is 1.00 e. The van der Waals surface area contributed by atoms with E-state index in [2.05, 4.69) is 0 Å². The minimum absolute atomic E-state index is 0. The van der Waals surface area contributed by atoms with Crippen LogP contribution in [0.5, 0.6) is 5.75 Å². The molecule has 0 saturated carbocycles. The van der Waals surface area contributed by atoms with Crippen molar-refractivity contribution in [3.8, 4) is 5.75 Å². The molecule has 0 aromatic heterocycles. The van der Waals surface area contributed by atoms with E-state index in [0.717, 1.165) is 0 Å². The molecule has 0 heterocycles. The van der Waals surface area contributed by atoms with E-state index >= 15 is 0 Å². The number of hydrogen-bond donors (Lipinski definition) is 0. The van der Waals surface area contributed by atoms with Gasteiger partial charge in [-0.3, -0.25) is 0 Å². The van der Waals surface area contributed by atoms with Crippen LogP contribution in [0.2, 0.25) is 0 Å². The van der Waals surface area contributed by atoms with Gasteiger partial charge in [0.2, 0.25) is 0 Å². The first-order chi connectivity index (χ1) is 4.70. The van der Waals surface area contributed by atoms with Crippen molar-refractivity contribution >= 4 is 5.97 Å². The summed E-state index contributed by atoms with van der Waals surface area (Å²) in [5.74, 6) is -1.47. The molecule has 0 atom stereocenters. The summed E-state index contributed by atoms with van der Waals surface area (Å²) in [5.41, 5.74) is 0.0274. The van der Waals surface area contributed by atoms with Crippen LogP contribution >= 0.6 is 0 Å². The van der Waals surface area contributed by atoms with E-state index in [1.807, 2.05) is 0 Å². The second-order valence-electron chi connectivity index (χ2n) is 1.81. The van der Waals surface area contributed by atoms with E-state index in [-0.39, 0.29) is 40.9 Å². The van der Waals surface area contributed by atoms with E-state index in [1.165, 1.54) is 24.3 Å². The molecule has 11 heavy (non-hydrogen) atoms. The molecule has 0 aliphatic carbocycles. The van der Waals surface area contributed by atoms with Crippen LogP contribution in [0.15, 0.2) is 24.3 Å². The number of carboxylic acid groups (broad SMARTS) is 1. The second-order valence-corrected chi connectivity index (χ2v) is 1.81. The summed E-state index contributed by atoms with van der Waals surface area (Å²) in [7, 11) is 0. The molecule has 0 amide bonds. The van der Waals surface area contributed by atoms with Crippen LogP contribution in [-0.4, -0.2) is 5.97 Å². The Hall–Kier alpha value is -0.510. The quantitative estimate of drug-likeness (QED) is 0.394. The van der Waals surface area contributed by atoms with Crippen LogP contribution in [0.25, 0.3) is 0 Å². The molecule has 0 fully saturated rings. The van der Waals surface area contributed by atoms with E-state index in [9.17, 15) is 15.0 Å². The van der Waals surface area contributed by atoms with Crippen LogP contribution in [0.4, 0.5) is 0 Å². The Morgan fingerprint density at radius 1 is 1.18 bits per heavy atom. The topological polar surface area (TPSA) is 63.2 Å². The van der Waals surface area contributed by atoms with E-state index in [1.54, 1.807) is 0 Å². The van der Waals surface area contributed by atoms with Gasteiger partial charge in [0.1, 0.15) is 0 Å². The zero-order valence-corrected chi connectivity index (χ0v) is 8.03. The predicted molar refractivity (Wildman–Crippen MR) is 30.2 cm³/mol. The zero-order chi connectivity index (χ0) is 7.56. The molecule has 3 nitrogen and oxygen atoms in total. The third-order valence-electron chi connectivity index (χ3n) is 1.09. The molecule has 0 radical (unpaired) electrons. The maximum Gasteiger partial charge on any atom is 1.00 e. The summed E-state index contributed by atoms with van der Waals surface area (Å²) < 4.78 is 0. The molecular weight excluding hydrogens is 155 g/mol. The minimum atomic E-state index is -1.26. The molecule has 52 valence electrons. The van der Waals surface area contributed by atoms with Crippen LogP contribution in [0.1, 0.15) is 10.4 Å². The molecule has 0 N–H and O–H groups in total. The van der Waals surface area contributed by atoms with Gasteiger partial charge in [0, 0.05) is 0 Å². The average Bonchev–Trinajstić information content (AvgIpc) is 1.88. The van der Waals surface area contributed by atoms with E-state index in [4.69, 9.17) is 0 Å². The first kappa shape index (κ1) is 10.5. The average molecular weight is 159 g/mol. The van der Waals surface area contributed by atoms with Crippen LogP contribution in [0, 0.1) is 0 Å². The number of hydrogen-bond acceptors (Lipinski definition) is 3. The van der Waals surface area contributed by atoms with E-state index < -0.39 is 5.97 Å². The fraction of sp³-hybridized carbons (Fsp3) is 0. The minimum Gasteiger partial charge on any atom is -0.872 e. The van der Waals surface area contributed by atoms with Crippen molar-refractivity contribution in [3.05, 3.63) is 29.8 Å². The molecule has 1 aromatic carbocycles. The fourth-order valence-corrected chi connectivity index (χ4v) is 0.591. The Labute approximate surface area is 86.0 Å². The van der Waals surface area contributed by atoms with Gasteiger partial charge >= 0.3 is 29.6 Å². The van der Waals surface area contributed by atoms with Crippen molar-refractivity contribution in [1.29, 1.82) is 0 Å². The van der Waals surface area contributed by atoms with Crippen molar-refractivity contribution < 1.29 is 44.6 Å². The summed E-state index contributed by atoms with van der Waals surface area (Å²) in [5, 5.41) is 20.5. The summed E-state index contributed by atoms with van der Waals surface area (Å²) in [6.07, 6.45) is 0. The Bertz CT molecular complexity index is 242. The number of carbonyl (C=O) groups is 1. The number of carboxylic acids is 1. The molecule has 0 aliphatic rings. The van der Waals surface area contributed by atoms with Gasteiger partial charge in [-0.1, -0.05) is 24.3 Å². The van der Waals surface area contributed by atoms with Gasteiger partial charge < -0.3 is 15.0 Å². The molecule has 0 bridgehead atoms. The van der Waals surface area contributed by atoms with Crippen molar-refractivity contribution in [1.82, 2.24) is 0 Å². The standard InChI is InChI=1S/C7H6O3.Na/c8-6-3-1-5(2-4-6)7(9)10;/h1-4,8H,(H,9,10);/q;+1/p-2. The molecule has 0 unspecified atom stereocenters. The molecular formula is C7H4NaO3-. The van der Waals surface area contributed by atoms with Crippen LogP contribution < -0.4 is 39.8 Å². The molecule has 4 heteroatoms. The molecule has 1 rings (SSSR count). The van der Waals surface area contributed by atoms with Crippen molar-refractivity contribution in [2.24, 2.45) is 0 Å². The summed E-state index contributed by atoms with van der Waals surface area (Å²) >= 11 is 0. The van der Waals surface area contributed by atoms with Crippen molar-refractivity contribution in [2.75, 3.05) is 0 Å². The number of benzene rings is 1. The predicted octanol–water partition coefficient (Wildman–Crippen LogP) is -3.87. The first-order valence-electron chi connectivity index (χ1n) is 2.68. The summed E-state index contributed by atoms with van der Waals surface area (Å²) in [6, 6.07) is 4.81. The Morgan fingerprint density at radius 3 is 2.00 bits per heavy atom. The van der Waals surface area contributed by atoms with Crippen LogP contribution in [0.3, 0.4) is 0 Å². The normalized spacial score (nSPS) is 8.36. The Kier molecular flexibility index (Phi) is 4.18. The monoisotopic (exact) mass is 159 g/mol. The van der Waals surface area contributed by atoms with Gasteiger partial charge in [-0.2, -0.15) is 0 Å². The van der Waals surface area contributed by atoms with Gasteiger partial charge in [0.15, 0.2) is 0 Å². The molecule has 0 spiro atoms. The van der Waals surface area contributed by atoms with Crippen LogP contribution in [-0.2, 0) is 0 Å². The number of carbonyl (C=O) groups excluding carboxylic acids is 1. The Morgan fingerprint density at radius 2 is 1.64 bits per heavy atom. The smallest absolute Gasteiger partial charge is 0.872 e. The van der Waals surface area contributed by atoms with Gasteiger partial charge in [-0.25, -0.2) is 0 Å². The number of aromatic carboxylic acids is 1. The zero-order valence-electron chi connectivity index (χ0n) is 6.03. The van der Waals surface area contributed by atoms with Crippen molar-refractivity contribution in [3.63, 3.8) is 0 Å². The van der Waals surface area contributed by atoms with Gasteiger partial charge in [0.05, 0.1) is 5.97 Å². The number of rotatable bonds is 1. The third-order valence-corrected chi connectivity index (χ3v) is 1.09. The van der Waals surface area contributed by atoms with Gasteiger partial charge in [-0.15, -0.1) is 5.75 Å². The summed E-state index contributed by atoms with van der Waals surface area (Å²) in [6.45, 7) is 0. The summed E-state index contributed by atoms with van der Waals surface area (Å²) in [4.78, 5) is 10.1. The fourth-order valence-electron chi connectivity index (χ4n) is 0.591. The van der Waals surface area contributed by atoms with E-state index in [0.29, 0.717) is 0 Å². The second kappa shape index (κ2) is 4.38.